The van der Waals surface area contributed by atoms with Gasteiger partial charge in [0.2, 0.25) is 11.8 Å². The number of hydrogen-bond acceptors (Lipinski definition) is 4. The van der Waals surface area contributed by atoms with Gasteiger partial charge in [-0.15, -0.1) is 0 Å². The molecule has 0 bridgehead atoms. The van der Waals surface area contributed by atoms with Crippen LogP contribution in [-0.4, -0.2) is 53.2 Å². The number of hydrogen-bond donors (Lipinski definition) is 2. The molecular weight excluding hydrogens is 444 g/mol. The van der Waals surface area contributed by atoms with Crippen LogP contribution >= 0.6 is 0 Å². The molecule has 35 heavy (non-hydrogen) atoms. The minimum absolute atomic E-state index is 0.162. The quantitative estimate of drug-likeness (QED) is 0.480. The predicted molar refractivity (Wildman–Crippen MR) is 135 cm³/mol. The van der Waals surface area contributed by atoms with Gasteiger partial charge in [0.1, 0.15) is 12.1 Å². The Morgan fingerprint density at radius 1 is 1.00 bits per heavy atom. The van der Waals surface area contributed by atoms with E-state index in [2.05, 4.69) is 10.6 Å². The highest BCUT2D eigenvalue weighted by atomic mass is 16.2. The monoisotopic (exact) mass is 478 g/mol. The molecule has 186 valence electrons. The lowest BCUT2D eigenvalue weighted by Crippen LogP contribution is -2.47. The summed E-state index contributed by atoms with van der Waals surface area (Å²) in [5.41, 5.74) is 1.11. The van der Waals surface area contributed by atoms with Gasteiger partial charge in [0.25, 0.3) is 5.91 Å². The number of unbranched alkanes of at least 4 members (excludes halogenated alkanes) is 1. The topological polar surface area (TPSA) is 98.8 Å². The highest BCUT2D eigenvalue weighted by Gasteiger charge is 2.52. The van der Waals surface area contributed by atoms with E-state index >= 15 is 0 Å². The van der Waals surface area contributed by atoms with Crippen LogP contribution in [0, 0.1) is 6.92 Å². The first-order valence-electron chi connectivity index (χ1n) is 12.1. The molecule has 2 aromatic carbocycles. The van der Waals surface area contributed by atoms with Gasteiger partial charge in [-0.1, -0.05) is 75.2 Å². The zero-order valence-corrected chi connectivity index (χ0v) is 20.7. The number of amides is 5. The van der Waals surface area contributed by atoms with E-state index in [0.717, 1.165) is 23.3 Å². The van der Waals surface area contributed by atoms with Crippen molar-refractivity contribution in [3.8, 4) is 0 Å². The first-order chi connectivity index (χ1) is 16.8. The third-order valence-electron chi connectivity index (χ3n) is 6.24. The normalized spacial score (nSPS) is 17.3. The third-order valence-corrected chi connectivity index (χ3v) is 6.24. The van der Waals surface area contributed by atoms with Gasteiger partial charge in [0.05, 0.1) is 6.54 Å². The van der Waals surface area contributed by atoms with E-state index in [0.29, 0.717) is 30.6 Å². The lowest BCUT2D eigenvalue weighted by atomic mass is 9.85. The van der Waals surface area contributed by atoms with Gasteiger partial charge in [-0.3, -0.25) is 19.3 Å². The third kappa shape index (κ3) is 5.88. The van der Waals surface area contributed by atoms with Crippen LogP contribution in [0.25, 0.3) is 0 Å². The number of aryl methyl sites for hydroxylation is 1. The van der Waals surface area contributed by atoms with Crippen molar-refractivity contribution in [1.29, 1.82) is 0 Å². The van der Waals surface area contributed by atoms with Crippen LogP contribution in [0.15, 0.2) is 54.6 Å². The molecular formula is C27H34N4O4. The standard InChI is InChI=1S/C27H34N4O4/c1-4-6-16-27(21-13-8-7-9-14-21)25(34)31(26(35)29-27)19-24(33)30(17-5-2)18-23(32)28-22-15-11-10-12-20(22)3/h7-15H,4-6,16-19H2,1-3H3,(H,28,32)(H,29,35). The number of anilines is 1. The average molecular weight is 479 g/mol. The molecule has 8 heteroatoms. The second-order valence-corrected chi connectivity index (χ2v) is 8.87. The summed E-state index contributed by atoms with van der Waals surface area (Å²) in [6.45, 7) is 5.57. The van der Waals surface area contributed by atoms with Crippen molar-refractivity contribution >= 4 is 29.4 Å². The summed E-state index contributed by atoms with van der Waals surface area (Å²) in [5, 5.41) is 5.69. The Hall–Kier alpha value is -3.68. The van der Waals surface area contributed by atoms with Gasteiger partial charge in [-0.25, -0.2) is 4.79 Å². The molecule has 8 nitrogen and oxygen atoms in total. The summed E-state index contributed by atoms with van der Waals surface area (Å²) < 4.78 is 0. The van der Waals surface area contributed by atoms with Crippen molar-refractivity contribution in [3.63, 3.8) is 0 Å². The molecule has 5 amide bonds. The van der Waals surface area contributed by atoms with Crippen LogP contribution in [0.2, 0.25) is 0 Å². The zero-order valence-electron chi connectivity index (χ0n) is 20.7. The molecule has 0 radical (unpaired) electrons. The van der Waals surface area contributed by atoms with Crippen LogP contribution in [0.4, 0.5) is 10.5 Å². The molecule has 1 aliphatic rings. The molecule has 0 aromatic heterocycles. The molecule has 0 spiro atoms. The van der Waals surface area contributed by atoms with Crippen molar-refractivity contribution in [2.24, 2.45) is 0 Å². The van der Waals surface area contributed by atoms with Crippen LogP contribution in [-0.2, 0) is 19.9 Å². The largest absolute Gasteiger partial charge is 0.332 e. The lowest BCUT2D eigenvalue weighted by Gasteiger charge is -2.28. The van der Waals surface area contributed by atoms with Crippen molar-refractivity contribution in [1.82, 2.24) is 15.1 Å². The first kappa shape index (κ1) is 25.9. The van der Waals surface area contributed by atoms with E-state index in [1.54, 1.807) is 6.07 Å². The number of nitrogens with zero attached hydrogens (tertiary/aromatic N) is 2. The van der Waals surface area contributed by atoms with Gasteiger partial charge in [0, 0.05) is 12.2 Å². The summed E-state index contributed by atoms with van der Waals surface area (Å²) in [7, 11) is 0. The Morgan fingerprint density at radius 3 is 2.34 bits per heavy atom. The summed E-state index contributed by atoms with van der Waals surface area (Å²) in [5.74, 6) is -1.22. The van der Waals surface area contributed by atoms with E-state index in [-0.39, 0.29) is 12.5 Å². The number of urea groups is 1. The predicted octanol–water partition coefficient (Wildman–Crippen LogP) is 3.81. The minimum Gasteiger partial charge on any atom is -0.332 e. The minimum atomic E-state index is -1.19. The Morgan fingerprint density at radius 2 is 1.69 bits per heavy atom. The molecule has 1 unspecified atom stereocenters. The molecule has 1 aliphatic heterocycles. The van der Waals surface area contributed by atoms with Gasteiger partial charge in [0.15, 0.2) is 0 Å². The summed E-state index contributed by atoms with van der Waals surface area (Å²) in [4.78, 5) is 54.7. The maximum absolute atomic E-state index is 13.6. The number of nitrogens with one attached hydrogen (secondary N) is 2. The number of carbonyl (C=O) groups is 4. The molecule has 0 aliphatic carbocycles. The van der Waals surface area contributed by atoms with Crippen LogP contribution in [0.1, 0.15) is 50.7 Å². The van der Waals surface area contributed by atoms with Gasteiger partial charge < -0.3 is 15.5 Å². The molecule has 0 saturated carbocycles. The van der Waals surface area contributed by atoms with Crippen LogP contribution in [0.5, 0.6) is 0 Å². The first-order valence-corrected chi connectivity index (χ1v) is 12.1. The second-order valence-electron chi connectivity index (χ2n) is 8.87. The fraction of sp³-hybridized carbons (Fsp3) is 0.407. The average Bonchev–Trinajstić information content (AvgIpc) is 3.09. The summed E-state index contributed by atoms with van der Waals surface area (Å²) in [6, 6.07) is 15.9. The van der Waals surface area contributed by atoms with Crippen molar-refractivity contribution in [2.75, 3.05) is 25.0 Å². The van der Waals surface area contributed by atoms with E-state index in [4.69, 9.17) is 0 Å². The van der Waals surface area contributed by atoms with Crippen molar-refractivity contribution < 1.29 is 19.2 Å². The number of imide groups is 1. The van der Waals surface area contributed by atoms with Crippen molar-refractivity contribution in [3.05, 3.63) is 65.7 Å². The SMILES string of the molecule is CCCCC1(c2ccccc2)NC(=O)N(CC(=O)N(CCC)CC(=O)Nc2ccccc2C)C1=O. The molecule has 2 aromatic rings. The molecule has 1 saturated heterocycles. The Bertz CT molecular complexity index is 1070. The fourth-order valence-corrected chi connectivity index (χ4v) is 4.32. The lowest BCUT2D eigenvalue weighted by molar-refractivity contribution is -0.140. The zero-order chi connectivity index (χ0) is 25.4. The number of rotatable bonds is 11. The van der Waals surface area contributed by atoms with Crippen LogP contribution in [0.3, 0.4) is 0 Å². The molecule has 2 N–H and O–H groups in total. The van der Waals surface area contributed by atoms with E-state index in [1.807, 2.05) is 69.3 Å². The Kier molecular flexibility index (Phi) is 8.63. The molecule has 3 rings (SSSR count). The highest BCUT2D eigenvalue weighted by Crippen LogP contribution is 2.34. The number of para-hydroxylation sites is 1. The van der Waals surface area contributed by atoms with Gasteiger partial charge in [-0.05, 0) is 37.0 Å². The fourth-order valence-electron chi connectivity index (χ4n) is 4.32. The second kappa shape index (κ2) is 11.6. The van der Waals surface area contributed by atoms with E-state index < -0.39 is 29.9 Å². The molecule has 1 atom stereocenters. The maximum atomic E-state index is 13.6. The van der Waals surface area contributed by atoms with Gasteiger partial charge >= 0.3 is 6.03 Å². The molecule has 1 heterocycles. The van der Waals surface area contributed by atoms with E-state index in [9.17, 15) is 19.2 Å². The van der Waals surface area contributed by atoms with E-state index in [1.165, 1.54) is 4.90 Å². The number of benzene rings is 2. The smallest absolute Gasteiger partial charge is 0.325 e. The Labute approximate surface area is 206 Å². The van der Waals surface area contributed by atoms with Crippen LogP contribution < -0.4 is 10.6 Å². The number of carbonyl (C=O) groups excluding carboxylic acids is 4. The summed E-state index contributed by atoms with van der Waals surface area (Å²) >= 11 is 0. The highest BCUT2D eigenvalue weighted by molar-refractivity contribution is 6.09. The summed E-state index contributed by atoms with van der Waals surface area (Å²) in [6.07, 6.45) is 2.68. The maximum Gasteiger partial charge on any atom is 0.325 e. The molecule has 1 fully saturated rings. The van der Waals surface area contributed by atoms with Gasteiger partial charge in [-0.2, -0.15) is 0 Å². The van der Waals surface area contributed by atoms with Crippen molar-refractivity contribution in [2.45, 2.75) is 52.0 Å². The Balaban J connectivity index is 1.74.